The van der Waals surface area contributed by atoms with E-state index in [-0.39, 0.29) is 29.6 Å². The Balaban J connectivity index is 0.000000277. The van der Waals surface area contributed by atoms with Gasteiger partial charge in [0.15, 0.2) is 0 Å². The Morgan fingerprint density at radius 3 is 2.44 bits per heavy atom. The molecule has 0 spiro atoms. The molecule has 0 aromatic heterocycles. The van der Waals surface area contributed by atoms with Crippen LogP contribution in [0.4, 0.5) is 13.2 Å². The Labute approximate surface area is 138 Å². The van der Waals surface area contributed by atoms with E-state index in [2.05, 4.69) is 5.32 Å². The number of alkyl halides is 3. The van der Waals surface area contributed by atoms with Gasteiger partial charge in [0.05, 0.1) is 12.1 Å². The number of carboxylic acid groups (broad SMARTS) is 2. The van der Waals surface area contributed by atoms with Gasteiger partial charge in [0.25, 0.3) is 0 Å². The fourth-order valence-electron chi connectivity index (χ4n) is 3.11. The number of carboxylic acids is 2. The van der Waals surface area contributed by atoms with Crippen LogP contribution in [0.5, 0.6) is 0 Å². The Morgan fingerprint density at radius 1 is 1.36 bits per heavy atom. The van der Waals surface area contributed by atoms with Crippen LogP contribution >= 0.6 is 0 Å². The summed E-state index contributed by atoms with van der Waals surface area (Å²) in [4.78, 5) is 33.4. The summed E-state index contributed by atoms with van der Waals surface area (Å²) in [5, 5.41) is 28.0. The summed E-state index contributed by atoms with van der Waals surface area (Å²) < 4.78 is 31.7. The number of aliphatic carboxylic acids is 2. The normalized spacial score (nSPS) is 27.2. The zero-order valence-corrected chi connectivity index (χ0v) is 12.4. The molecular weight excluding hydrogens is 347 g/mol. The number of nitrogens with one attached hydrogen (secondary N) is 1. The smallest absolute Gasteiger partial charge is 0.477 e. The quantitative estimate of drug-likeness (QED) is 0.475. The Hall–Kier alpha value is -2.87. The maximum absolute atomic E-state index is 11.9. The largest absolute Gasteiger partial charge is 0.490 e. The predicted octanol–water partition coefficient (Wildman–Crippen LogP) is 0.241. The van der Waals surface area contributed by atoms with Gasteiger partial charge < -0.3 is 15.5 Å². The van der Waals surface area contributed by atoms with Gasteiger partial charge in [-0.25, -0.2) is 9.59 Å². The highest BCUT2D eigenvalue weighted by atomic mass is 19.4. The molecule has 0 bridgehead atoms. The third kappa shape index (κ3) is 3.34. The van der Waals surface area contributed by atoms with Crippen LogP contribution < -0.4 is 5.32 Å². The minimum absolute atomic E-state index is 0.0252. The molecule has 0 aromatic carbocycles. The van der Waals surface area contributed by atoms with Gasteiger partial charge >= 0.3 is 18.1 Å². The molecule has 134 valence electrons. The average molecular weight is 359 g/mol. The number of amides is 1. The van der Waals surface area contributed by atoms with Crippen molar-refractivity contribution < 1.29 is 37.8 Å². The molecule has 1 amide bonds. The van der Waals surface area contributed by atoms with Gasteiger partial charge in [-0.15, -0.1) is 0 Å². The summed E-state index contributed by atoms with van der Waals surface area (Å²) in [6, 6.07) is 1.60. The van der Waals surface area contributed by atoms with Gasteiger partial charge in [0.1, 0.15) is 11.7 Å². The van der Waals surface area contributed by atoms with Crippen molar-refractivity contribution in [1.82, 2.24) is 10.2 Å². The van der Waals surface area contributed by atoms with Crippen LogP contribution in [-0.4, -0.2) is 57.8 Å². The van der Waals surface area contributed by atoms with Crippen molar-refractivity contribution in [2.45, 2.75) is 24.7 Å². The lowest BCUT2D eigenvalue weighted by Crippen LogP contribution is -2.68. The van der Waals surface area contributed by atoms with Crippen LogP contribution in [0, 0.1) is 17.2 Å². The van der Waals surface area contributed by atoms with Crippen LogP contribution in [0.15, 0.2) is 23.4 Å². The van der Waals surface area contributed by atoms with E-state index in [0.29, 0.717) is 18.5 Å². The number of carbonyl (C=O) groups excluding carboxylic acids is 1. The average Bonchev–Trinajstić information content (AvgIpc) is 2.91. The van der Waals surface area contributed by atoms with Crippen molar-refractivity contribution in [2.24, 2.45) is 5.92 Å². The lowest BCUT2D eigenvalue weighted by atomic mass is 9.79. The van der Waals surface area contributed by atoms with E-state index >= 15 is 0 Å². The second-order valence-electron chi connectivity index (χ2n) is 5.49. The van der Waals surface area contributed by atoms with E-state index in [1.807, 2.05) is 6.07 Å². The zero-order valence-electron chi connectivity index (χ0n) is 12.4. The first-order chi connectivity index (χ1) is 11.6. The molecular formula is C14H12F3N3O5. The molecule has 3 N–H and O–H groups in total. The van der Waals surface area contributed by atoms with Crippen molar-refractivity contribution in [3.8, 4) is 6.07 Å². The highest BCUT2D eigenvalue weighted by molar-refractivity contribution is 6.01. The molecule has 3 rings (SSSR count). The van der Waals surface area contributed by atoms with Gasteiger partial charge in [-0.3, -0.25) is 9.69 Å². The second-order valence-corrected chi connectivity index (χ2v) is 5.49. The molecule has 0 unspecified atom stereocenters. The molecule has 0 radical (unpaired) electrons. The highest BCUT2D eigenvalue weighted by Gasteiger charge is 2.59. The van der Waals surface area contributed by atoms with Gasteiger partial charge in [-0.1, -0.05) is 0 Å². The maximum Gasteiger partial charge on any atom is 0.490 e. The fraction of sp³-hybridized carbons (Fsp3) is 0.429. The first kappa shape index (κ1) is 18.5. The van der Waals surface area contributed by atoms with E-state index in [9.17, 15) is 27.9 Å². The number of halogens is 3. The molecule has 0 aromatic rings. The lowest BCUT2D eigenvalue weighted by molar-refractivity contribution is -0.192. The summed E-state index contributed by atoms with van der Waals surface area (Å²) >= 11 is 0. The molecule has 3 atom stereocenters. The molecule has 8 nitrogen and oxygen atoms in total. The topological polar surface area (TPSA) is 131 Å². The van der Waals surface area contributed by atoms with E-state index in [0.717, 1.165) is 0 Å². The van der Waals surface area contributed by atoms with Crippen LogP contribution in [0.3, 0.4) is 0 Å². The summed E-state index contributed by atoms with van der Waals surface area (Å²) in [6.45, 7) is 0.717. The third-order valence-electron chi connectivity index (χ3n) is 4.06. The van der Waals surface area contributed by atoms with Crippen molar-refractivity contribution in [3.63, 3.8) is 0 Å². The van der Waals surface area contributed by atoms with E-state index < -0.39 is 18.1 Å². The molecule has 2 fully saturated rings. The van der Waals surface area contributed by atoms with Crippen LogP contribution in [0.1, 0.15) is 6.42 Å². The van der Waals surface area contributed by atoms with Crippen LogP contribution in [-0.2, 0) is 14.4 Å². The Morgan fingerprint density at radius 2 is 1.96 bits per heavy atom. The van der Waals surface area contributed by atoms with Gasteiger partial charge in [-0.05, 0) is 24.0 Å². The summed E-state index contributed by atoms with van der Waals surface area (Å²) in [5.74, 6) is -3.80. The molecule has 0 aliphatic carbocycles. The molecule has 11 heteroatoms. The number of hydrogen-bond acceptors (Lipinski definition) is 5. The van der Waals surface area contributed by atoms with E-state index in [4.69, 9.17) is 15.2 Å². The summed E-state index contributed by atoms with van der Waals surface area (Å²) in [7, 11) is 0. The molecule has 3 aliphatic heterocycles. The second kappa shape index (κ2) is 6.56. The minimum atomic E-state index is -5.08. The Kier molecular flexibility index (Phi) is 4.85. The SMILES string of the molecule is N#C/C=C\C1=C(C(=O)O)N2C(=O)[C@H]3NC[C@@H](C1)[C@H]32.O=C(O)C(F)(F)F. The third-order valence-corrected chi connectivity index (χ3v) is 4.06. The number of β-lactam (4-membered cyclic amide) rings is 1. The maximum atomic E-state index is 11.9. The first-order valence-electron chi connectivity index (χ1n) is 6.98. The first-order valence-corrected chi connectivity index (χ1v) is 6.98. The molecule has 3 aliphatic rings. The van der Waals surface area contributed by atoms with Crippen molar-refractivity contribution in [3.05, 3.63) is 23.4 Å². The van der Waals surface area contributed by atoms with Gasteiger partial charge in [-0.2, -0.15) is 18.4 Å². The number of carbonyl (C=O) groups is 3. The lowest BCUT2D eigenvalue weighted by Gasteiger charge is -2.48. The van der Waals surface area contributed by atoms with Crippen LogP contribution in [0.25, 0.3) is 0 Å². The number of hydrogen-bond donors (Lipinski definition) is 3. The number of rotatable bonds is 2. The molecule has 0 saturated carbocycles. The minimum Gasteiger partial charge on any atom is -0.477 e. The fourth-order valence-corrected chi connectivity index (χ4v) is 3.11. The van der Waals surface area contributed by atoms with E-state index in [1.54, 1.807) is 0 Å². The highest BCUT2D eigenvalue weighted by Crippen LogP contribution is 2.43. The van der Waals surface area contributed by atoms with Crippen molar-refractivity contribution in [2.75, 3.05) is 6.54 Å². The molecule has 25 heavy (non-hydrogen) atoms. The number of nitriles is 1. The standard InChI is InChI=1S/C12H11N3O3.C2HF3O2/c13-3-1-2-6-4-7-5-14-8-9(7)15(11(8)16)10(6)12(17)18;3-2(4,5)1(6)7/h1-2,7-9,14H,4-5H2,(H,17,18);(H,6,7)/b2-1-;/t7-,8+,9-;/m1./s1. The Bertz CT molecular complexity index is 722. The van der Waals surface area contributed by atoms with Crippen molar-refractivity contribution in [1.29, 1.82) is 5.26 Å². The summed E-state index contributed by atoms with van der Waals surface area (Å²) in [6.07, 6.45) is -1.74. The zero-order chi connectivity index (χ0) is 18.9. The monoisotopic (exact) mass is 359 g/mol. The van der Waals surface area contributed by atoms with Crippen molar-refractivity contribution >= 4 is 17.8 Å². The predicted molar refractivity (Wildman–Crippen MR) is 73.6 cm³/mol. The molecule has 2 saturated heterocycles. The summed E-state index contributed by atoms with van der Waals surface area (Å²) in [5.41, 5.74) is 0.591. The van der Waals surface area contributed by atoms with Gasteiger partial charge in [0.2, 0.25) is 5.91 Å². The number of allylic oxidation sites excluding steroid dienone is 3. The molecule has 3 heterocycles. The van der Waals surface area contributed by atoms with Gasteiger partial charge in [0, 0.05) is 12.6 Å². The van der Waals surface area contributed by atoms with Crippen LogP contribution in [0.2, 0.25) is 0 Å². The van der Waals surface area contributed by atoms with E-state index in [1.165, 1.54) is 17.1 Å². The number of nitrogens with zero attached hydrogens (tertiary/aromatic N) is 2.